The predicted molar refractivity (Wildman–Crippen MR) is 82.6 cm³/mol. The number of benzene rings is 1. The van der Waals surface area contributed by atoms with Crippen LogP contribution in [0, 0.1) is 0 Å². The standard InChI is InChI=1S/C15H20N2O4S/c1-2-15(18)16-10-12-5-7-14(8-6-12)22(19,20)17-11-13-4-3-9-21-13/h2,5-8,13,17H,1,3-4,9-11H2,(H,16,18). The van der Waals surface area contributed by atoms with Crippen LogP contribution in [-0.2, 0) is 26.1 Å². The number of nitrogens with one attached hydrogen (secondary N) is 2. The Morgan fingerprint density at radius 3 is 2.68 bits per heavy atom. The van der Waals surface area contributed by atoms with Gasteiger partial charge in [-0.15, -0.1) is 0 Å². The number of ether oxygens (including phenoxy) is 1. The molecule has 120 valence electrons. The lowest BCUT2D eigenvalue weighted by Gasteiger charge is -2.11. The quantitative estimate of drug-likeness (QED) is 0.731. The van der Waals surface area contributed by atoms with Gasteiger partial charge in [0.1, 0.15) is 0 Å². The van der Waals surface area contributed by atoms with Gasteiger partial charge in [0.25, 0.3) is 0 Å². The summed E-state index contributed by atoms with van der Waals surface area (Å²) in [6.45, 7) is 4.67. The molecule has 1 amide bonds. The van der Waals surface area contributed by atoms with Gasteiger partial charge in [-0.2, -0.15) is 0 Å². The normalized spacial score (nSPS) is 18.1. The lowest BCUT2D eigenvalue weighted by molar-refractivity contribution is -0.116. The Hall–Kier alpha value is -1.70. The maximum atomic E-state index is 12.2. The van der Waals surface area contributed by atoms with Crippen molar-refractivity contribution in [1.82, 2.24) is 10.0 Å². The highest BCUT2D eigenvalue weighted by molar-refractivity contribution is 7.89. The predicted octanol–water partition coefficient (Wildman–Crippen LogP) is 0.946. The first kappa shape index (κ1) is 16.7. The molecule has 1 atom stereocenters. The van der Waals surface area contributed by atoms with Crippen LogP contribution in [0.1, 0.15) is 18.4 Å². The second kappa shape index (κ2) is 7.53. The smallest absolute Gasteiger partial charge is 0.243 e. The molecule has 6 nitrogen and oxygen atoms in total. The summed E-state index contributed by atoms with van der Waals surface area (Å²) in [6.07, 6.45) is 3.00. The van der Waals surface area contributed by atoms with E-state index in [-0.39, 0.29) is 16.9 Å². The van der Waals surface area contributed by atoms with Gasteiger partial charge >= 0.3 is 0 Å². The monoisotopic (exact) mass is 324 g/mol. The molecule has 1 heterocycles. The van der Waals surface area contributed by atoms with E-state index in [1.807, 2.05) is 0 Å². The zero-order valence-electron chi connectivity index (χ0n) is 12.2. The van der Waals surface area contributed by atoms with Gasteiger partial charge in [-0.05, 0) is 36.6 Å². The fraction of sp³-hybridized carbons (Fsp3) is 0.400. The molecule has 0 aliphatic carbocycles. The zero-order chi connectivity index (χ0) is 16.0. The molecule has 0 spiro atoms. The summed E-state index contributed by atoms with van der Waals surface area (Å²) >= 11 is 0. The average Bonchev–Trinajstić information content (AvgIpc) is 3.04. The fourth-order valence-electron chi connectivity index (χ4n) is 2.14. The number of hydrogen-bond acceptors (Lipinski definition) is 4. The first-order valence-electron chi connectivity index (χ1n) is 7.12. The number of rotatable bonds is 7. The zero-order valence-corrected chi connectivity index (χ0v) is 13.1. The lowest BCUT2D eigenvalue weighted by Crippen LogP contribution is -2.31. The van der Waals surface area contributed by atoms with Gasteiger partial charge in [0.2, 0.25) is 15.9 Å². The lowest BCUT2D eigenvalue weighted by atomic mass is 10.2. The van der Waals surface area contributed by atoms with E-state index in [4.69, 9.17) is 4.74 Å². The fourth-order valence-corrected chi connectivity index (χ4v) is 3.21. The van der Waals surface area contributed by atoms with Crippen LogP contribution in [-0.4, -0.2) is 33.6 Å². The third-order valence-electron chi connectivity index (χ3n) is 3.41. The summed E-state index contributed by atoms with van der Waals surface area (Å²) in [5, 5.41) is 2.63. The van der Waals surface area contributed by atoms with E-state index in [1.165, 1.54) is 18.2 Å². The van der Waals surface area contributed by atoms with Gasteiger partial charge in [-0.1, -0.05) is 18.7 Å². The van der Waals surface area contributed by atoms with Gasteiger partial charge in [0.05, 0.1) is 11.0 Å². The molecule has 1 aromatic carbocycles. The number of amides is 1. The summed E-state index contributed by atoms with van der Waals surface area (Å²) < 4.78 is 32.3. The number of carbonyl (C=O) groups excluding carboxylic acids is 1. The number of carbonyl (C=O) groups is 1. The van der Waals surface area contributed by atoms with E-state index in [0.29, 0.717) is 19.7 Å². The van der Waals surface area contributed by atoms with Crippen LogP contribution in [0.4, 0.5) is 0 Å². The van der Waals surface area contributed by atoms with Crippen molar-refractivity contribution in [2.45, 2.75) is 30.4 Å². The maximum absolute atomic E-state index is 12.2. The van der Waals surface area contributed by atoms with Crippen molar-refractivity contribution < 1.29 is 17.9 Å². The van der Waals surface area contributed by atoms with Crippen molar-refractivity contribution in [3.05, 3.63) is 42.5 Å². The maximum Gasteiger partial charge on any atom is 0.243 e. The van der Waals surface area contributed by atoms with Gasteiger partial charge in [0, 0.05) is 19.7 Å². The highest BCUT2D eigenvalue weighted by Crippen LogP contribution is 2.14. The van der Waals surface area contributed by atoms with E-state index in [0.717, 1.165) is 18.4 Å². The molecule has 0 saturated carbocycles. The first-order valence-corrected chi connectivity index (χ1v) is 8.60. The summed E-state index contributed by atoms with van der Waals surface area (Å²) in [6, 6.07) is 6.38. The van der Waals surface area contributed by atoms with E-state index in [1.54, 1.807) is 12.1 Å². The van der Waals surface area contributed by atoms with E-state index in [2.05, 4.69) is 16.6 Å². The first-order chi connectivity index (χ1) is 10.5. The summed E-state index contributed by atoms with van der Waals surface area (Å²) in [4.78, 5) is 11.3. The molecule has 0 bridgehead atoms. The molecular weight excluding hydrogens is 304 g/mol. The highest BCUT2D eigenvalue weighted by Gasteiger charge is 2.20. The third-order valence-corrected chi connectivity index (χ3v) is 4.85. The van der Waals surface area contributed by atoms with Crippen LogP contribution in [0.15, 0.2) is 41.8 Å². The van der Waals surface area contributed by atoms with Crippen molar-refractivity contribution in [2.24, 2.45) is 0 Å². The number of hydrogen-bond donors (Lipinski definition) is 2. The molecule has 1 saturated heterocycles. The molecule has 1 aliphatic rings. The Bertz CT molecular complexity index is 619. The van der Waals surface area contributed by atoms with E-state index < -0.39 is 10.0 Å². The van der Waals surface area contributed by atoms with Crippen molar-refractivity contribution >= 4 is 15.9 Å². The minimum Gasteiger partial charge on any atom is -0.377 e. The van der Waals surface area contributed by atoms with E-state index >= 15 is 0 Å². The van der Waals surface area contributed by atoms with Crippen molar-refractivity contribution in [3.8, 4) is 0 Å². The Morgan fingerprint density at radius 2 is 2.09 bits per heavy atom. The SMILES string of the molecule is C=CC(=O)NCc1ccc(S(=O)(=O)NCC2CCCO2)cc1. The topological polar surface area (TPSA) is 84.5 Å². The van der Waals surface area contributed by atoms with Gasteiger partial charge < -0.3 is 10.1 Å². The minimum atomic E-state index is -3.53. The average molecular weight is 324 g/mol. The second-order valence-electron chi connectivity index (χ2n) is 5.05. The van der Waals surface area contributed by atoms with Crippen LogP contribution >= 0.6 is 0 Å². The number of sulfonamides is 1. The summed E-state index contributed by atoms with van der Waals surface area (Å²) in [5.74, 6) is -0.269. The molecule has 2 rings (SSSR count). The molecule has 0 radical (unpaired) electrons. The molecule has 1 aromatic rings. The van der Waals surface area contributed by atoms with Crippen LogP contribution in [0.5, 0.6) is 0 Å². The van der Waals surface area contributed by atoms with Crippen molar-refractivity contribution in [2.75, 3.05) is 13.2 Å². The molecule has 0 aromatic heterocycles. The summed E-state index contributed by atoms with van der Waals surface area (Å²) in [5.41, 5.74) is 0.813. The molecule has 1 unspecified atom stereocenters. The van der Waals surface area contributed by atoms with Crippen molar-refractivity contribution in [3.63, 3.8) is 0 Å². The second-order valence-corrected chi connectivity index (χ2v) is 6.82. The van der Waals surface area contributed by atoms with Crippen LogP contribution < -0.4 is 10.0 Å². The minimum absolute atomic E-state index is 0.0387. The Labute approximate surface area is 130 Å². The van der Waals surface area contributed by atoms with Crippen LogP contribution in [0.2, 0.25) is 0 Å². The Morgan fingerprint density at radius 1 is 1.36 bits per heavy atom. The van der Waals surface area contributed by atoms with Crippen LogP contribution in [0.3, 0.4) is 0 Å². The van der Waals surface area contributed by atoms with Gasteiger partial charge in [-0.3, -0.25) is 4.79 Å². The molecule has 1 fully saturated rings. The van der Waals surface area contributed by atoms with Gasteiger partial charge in [0.15, 0.2) is 0 Å². The highest BCUT2D eigenvalue weighted by atomic mass is 32.2. The molecule has 2 N–H and O–H groups in total. The molecule has 1 aliphatic heterocycles. The van der Waals surface area contributed by atoms with Crippen molar-refractivity contribution in [1.29, 1.82) is 0 Å². The largest absolute Gasteiger partial charge is 0.377 e. The van der Waals surface area contributed by atoms with Gasteiger partial charge in [-0.25, -0.2) is 13.1 Å². The summed E-state index contributed by atoms with van der Waals surface area (Å²) in [7, 11) is -3.53. The van der Waals surface area contributed by atoms with E-state index in [9.17, 15) is 13.2 Å². The molecule has 7 heteroatoms. The molecular formula is C15H20N2O4S. The third kappa shape index (κ3) is 4.66. The Balaban J connectivity index is 1.92. The van der Waals surface area contributed by atoms with Crippen LogP contribution in [0.25, 0.3) is 0 Å². The molecule has 22 heavy (non-hydrogen) atoms. The Kier molecular flexibility index (Phi) is 5.70.